The normalized spacial score (nSPS) is 11.1. The molecule has 0 saturated heterocycles. The number of halogens is 1. The van der Waals surface area contributed by atoms with E-state index in [-0.39, 0.29) is 17.0 Å². The molecule has 0 aliphatic heterocycles. The molecule has 7 nitrogen and oxygen atoms in total. The summed E-state index contributed by atoms with van der Waals surface area (Å²) >= 11 is 6.23. The zero-order chi connectivity index (χ0) is 24.2. The third-order valence-electron chi connectivity index (χ3n) is 5.04. The van der Waals surface area contributed by atoms with Crippen molar-refractivity contribution in [3.63, 3.8) is 0 Å². The highest BCUT2D eigenvalue weighted by Crippen LogP contribution is 2.31. The van der Waals surface area contributed by atoms with Gasteiger partial charge in [0, 0.05) is 11.6 Å². The lowest BCUT2D eigenvalue weighted by Crippen LogP contribution is -2.41. The molecule has 9 heteroatoms. The van der Waals surface area contributed by atoms with E-state index in [4.69, 9.17) is 16.7 Å². The molecule has 3 aromatic rings. The summed E-state index contributed by atoms with van der Waals surface area (Å²) in [6, 6.07) is 17.5. The molecular formula is C24H23ClN2O5S. The molecule has 0 atom stereocenters. The lowest BCUT2D eigenvalue weighted by Gasteiger charge is -2.26. The number of carbonyl (C=O) groups excluding carboxylic acids is 1. The molecule has 0 aliphatic carbocycles. The van der Waals surface area contributed by atoms with Crippen molar-refractivity contribution in [3.05, 3.63) is 94.0 Å². The van der Waals surface area contributed by atoms with Crippen LogP contribution in [-0.2, 0) is 21.4 Å². The smallest absolute Gasteiger partial charge is 0.335 e. The minimum Gasteiger partial charge on any atom is -0.478 e. The summed E-state index contributed by atoms with van der Waals surface area (Å²) in [5.74, 6) is -1.62. The number of hydrogen-bond donors (Lipinski definition) is 2. The van der Waals surface area contributed by atoms with Gasteiger partial charge in [0.1, 0.15) is 6.54 Å². The highest BCUT2D eigenvalue weighted by Gasteiger charge is 2.28. The summed E-state index contributed by atoms with van der Waals surface area (Å²) in [6.45, 7) is 3.04. The predicted octanol–water partition coefficient (Wildman–Crippen LogP) is 4.17. The van der Waals surface area contributed by atoms with Crippen LogP contribution in [0.2, 0.25) is 5.02 Å². The minimum absolute atomic E-state index is 0.0484. The zero-order valence-electron chi connectivity index (χ0n) is 18.1. The van der Waals surface area contributed by atoms with Gasteiger partial charge in [-0.2, -0.15) is 0 Å². The standard InChI is InChI=1S/C24H23ClN2O5S/c1-16-6-3-9-20(12-16)33(31,32)27(22-11-5-10-21(25)17(22)2)15-23(28)26-14-18-7-4-8-19(13-18)24(29)30/h3-13H,14-15H2,1-2H3,(H,26,28)(H,29,30). The van der Waals surface area contributed by atoms with Gasteiger partial charge in [-0.25, -0.2) is 13.2 Å². The Morgan fingerprint density at radius 3 is 2.39 bits per heavy atom. The quantitative estimate of drug-likeness (QED) is 0.497. The Kier molecular flexibility index (Phi) is 7.40. The van der Waals surface area contributed by atoms with Gasteiger partial charge >= 0.3 is 5.97 Å². The molecule has 3 aromatic carbocycles. The first-order valence-corrected chi connectivity index (χ1v) is 11.8. The maximum absolute atomic E-state index is 13.5. The number of benzene rings is 3. The molecule has 0 bridgehead atoms. The van der Waals surface area contributed by atoms with Crippen LogP contribution in [0.4, 0.5) is 5.69 Å². The van der Waals surface area contributed by atoms with Crippen LogP contribution >= 0.6 is 11.6 Å². The van der Waals surface area contributed by atoms with Gasteiger partial charge in [-0.1, -0.05) is 41.9 Å². The maximum atomic E-state index is 13.5. The van der Waals surface area contributed by atoms with Gasteiger partial charge in [-0.15, -0.1) is 0 Å². The summed E-state index contributed by atoms with van der Waals surface area (Å²) in [7, 11) is -4.08. The van der Waals surface area contributed by atoms with Gasteiger partial charge in [-0.05, 0) is 66.9 Å². The summed E-state index contributed by atoms with van der Waals surface area (Å²) in [6.07, 6.45) is 0. The first-order valence-electron chi connectivity index (χ1n) is 10.0. The van der Waals surface area contributed by atoms with E-state index in [0.29, 0.717) is 21.8 Å². The SMILES string of the molecule is Cc1cccc(S(=O)(=O)N(CC(=O)NCc2cccc(C(=O)O)c2)c2cccc(Cl)c2C)c1. The highest BCUT2D eigenvalue weighted by atomic mass is 35.5. The monoisotopic (exact) mass is 486 g/mol. The number of carbonyl (C=O) groups is 2. The number of rotatable bonds is 8. The number of aromatic carboxylic acids is 1. The average Bonchev–Trinajstić information content (AvgIpc) is 2.78. The molecule has 0 spiro atoms. The fourth-order valence-corrected chi connectivity index (χ4v) is 5.02. The van der Waals surface area contributed by atoms with E-state index in [1.807, 2.05) is 0 Å². The molecule has 0 aromatic heterocycles. The van der Waals surface area contributed by atoms with Crippen LogP contribution in [0.3, 0.4) is 0 Å². The number of nitrogens with zero attached hydrogens (tertiary/aromatic N) is 1. The second-order valence-corrected chi connectivity index (χ2v) is 9.76. The Labute approximate surface area is 197 Å². The van der Waals surface area contributed by atoms with Gasteiger partial charge in [0.05, 0.1) is 16.1 Å². The fourth-order valence-electron chi connectivity index (χ4n) is 3.27. The molecule has 0 saturated carbocycles. The van der Waals surface area contributed by atoms with Crippen LogP contribution in [-0.4, -0.2) is 31.9 Å². The van der Waals surface area contributed by atoms with Crippen molar-refractivity contribution in [2.45, 2.75) is 25.3 Å². The molecule has 0 heterocycles. The summed E-state index contributed by atoms with van der Waals surface area (Å²) in [5, 5.41) is 12.2. The maximum Gasteiger partial charge on any atom is 0.335 e. The number of hydrogen-bond acceptors (Lipinski definition) is 4. The highest BCUT2D eigenvalue weighted by molar-refractivity contribution is 7.92. The van der Waals surface area contributed by atoms with Crippen molar-refractivity contribution in [2.75, 3.05) is 10.8 Å². The topological polar surface area (TPSA) is 104 Å². The number of carboxylic acids is 1. The number of sulfonamides is 1. The van der Waals surface area contributed by atoms with E-state index in [1.54, 1.807) is 56.3 Å². The summed E-state index contributed by atoms with van der Waals surface area (Å²) in [4.78, 5) is 24.0. The van der Waals surface area contributed by atoms with Crippen LogP contribution in [0.25, 0.3) is 0 Å². The average molecular weight is 487 g/mol. The first kappa shape index (κ1) is 24.3. The Bertz CT molecular complexity index is 1310. The Balaban J connectivity index is 1.90. The van der Waals surface area contributed by atoms with E-state index >= 15 is 0 Å². The number of anilines is 1. The molecular weight excluding hydrogens is 464 g/mol. The lowest BCUT2D eigenvalue weighted by molar-refractivity contribution is -0.119. The molecule has 2 N–H and O–H groups in total. The molecule has 1 amide bonds. The van der Waals surface area contributed by atoms with Crippen molar-refractivity contribution in [1.29, 1.82) is 0 Å². The predicted molar refractivity (Wildman–Crippen MR) is 127 cm³/mol. The Morgan fingerprint density at radius 2 is 1.70 bits per heavy atom. The molecule has 0 unspecified atom stereocenters. The Morgan fingerprint density at radius 1 is 1.00 bits per heavy atom. The molecule has 3 rings (SSSR count). The largest absolute Gasteiger partial charge is 0.478 e. The number of amides is 1. The van der Waals surface area contributed by atoms with E-state index in [2.05, 4.69) is 5.32 Å². The van der Waals surface area contributed by atoms with Crippen molar-refractivity contribution in [3.8, 4) is 0 Å². The fraction of sp³-hybridized carbons (Fsp3) is 0.167. The second kappa shape index (κ2) is 10.1. The lowest BCUT2D eigenvalue weighted by atomic mass is 10.1. The van der Waals surface area contributed by atoms with Crippen molar-refractivity contribution >= 4 is 39.2 Å². The van der Waals surface area contributed by atoms with Crippen molar-refractivity contribution in [2.24, 2.45) is 0 Å². The molecule has 0 radical (unpaired) electrons. The third kappa shape index (κ3) is 5.71. The number of nitrogens with one attached hydrogen (secondary N) is 1. The van der Waals surface area contributed by atoms with Crippen LogP contribution in [0.5, 0.6) is 0 Å². The first-order chi connectivity index (χ1) is 15.6. The van der Waals surface area contributed by atoms with Crippen LogP contribution in [0.1, 0.15) is 27.0 Å². The van der Waals surface area contributed by atoms with E-state index < -0.39 is 28.4 Å². The van der Waals surface area contributed by atoms with Crippen LogP contribution in [0.15, 0.2) is 71.6 Å². The van der Waals surface area contributed by atoms with E-state index in [0.717, 1.165) is 9.87 Å². The summed E-state index contributed by atoms with van der Waals surface area (Å²) < 4.78 is 28.1. The van der Waals surface area contributed by atoms with Gasteiger partial charge in [0.15, 0.2) is 0 Å². The molecule has 33 heavy (non-hydrogen) atoms. The van der Waals surface area contributed by atoms with Gasteiger partial charge in [0.2, 0.25) is 5.91 Å². The van der Waals surface area contributed by atoms with Gasteiger partial charge in [0.25, 0.3) is 10.0 Å². The van der Waals surface area contributed by atoms with Crippen molar-refractivity contribution in [1.82, 2.24) is 5.32 Å². The minimum atomic E-state index is -4.08. The van der Waals surface area contributed by atoms with E-state index in [9.17, 15) is 18.0 Å². The number of aryl methyl sites for hydroxylation is 1. The van der Waals surface area contributed by atoms with Crippen LogP contribution < -0.4 is 9.62 Å². The zero-order valence-corrected chi connectivity index (χ0v) is 19.7. The van der Waals surface area contributed by atoms with Crippen molar-refractivity contribution < 1.29 is 23.1 Å². The van der Waals surface area contributed by atoms with Crippen LogP contribution in [0, 0.1) is 13.8 Å². The van der Waals surface area contributed by atoms with Gasteiger partial charge in [-0.3, -0.25) is 9.10 Å². The Hall–Kier alpha value is -3.36. The summed E-state index contributed by atoms with van der Waals surface area (Å²) in [5.41, 5.74) is 2.27. The van der Waals surface area contributed by atoms with Gasteiger partial charge < -0.3 is 10.4 Å². The molecule has 0 aliphatic rings. The van der Waals surface area contributed by atoms with E-state index in [1.165, 1.54) is 24.3 Å². The second-order valence-electron chi connectivity index (χ2n) is 7.49. The molecule has 172 valence electrons. The third-order valence-corrected chi connectivity index (χ3v) is 7.20. The molecule has 0 fully saturated rings. The number of carboxylic acid groups (broad SMARTS) is 1.